The molecule has 1 aliphatic carbocycles. The Morgan fingerprint density at radius 3 is 2.82 bits per heavy atom. The van der Waals surface area contributed by atoms with Crippen LogP contribution in [-0.4, -0.2) is 11.3 Å². The molecule has 0 unspecified atom stereocenters. The minimum atomic E-state index is -0.131. The molecule has 1 aliphatic heterocycles. The van der Waals surface area contributed by atoms with Crippen LogP contribution >= 0.6 is 0 Å². The lowest BCUT2D eigenvalue weighted by atomic mass is 10.2. The van der Waals surface area contributed by atoms with Crippen molar-refractivity contribution in [2.75, 3.05) is 0 Å². The number of fused-ring (bicyclic) bond motifs is 2. The number of hydrogen-bond donors (Lipinski definition) is 0. The van der Waals surface area contributed by atoms with Gasteiger partial charge >= 0.3 is 0 Å². The highest BCUT2D eigenvalue weighted by Crippen LogP contribution is 2.23. The second-order valence-electron chi connectivity index (χ2n) is 3.69. The smallest absolute Gasteiger partial charge is 0.182 e. The van der Waals surface area contributed by atoms with Gasteiger partial charge in [-0.1, -0.05) is 0 Å². The quantitative estimate of drug-likeness (QED) is 0.470. The molecule has 1 heterocycles. The third-order valence-corrected chi connectivity index (χ3v) is 2.51. The maximum Gasteiger partial charge on any atom is 0.182 e. The van der Waals surface area contributed by atoms with E-state index in [1.54, 1.807) is 24.3 Å². The molecule has 0 saturated heterocycles. The summed E-state index contributed by atoms with van der Waals surface area (Å²) in [4.78, 5) is 26.2. The molecule has 1 aromatic carbocycles. The first-order chi connectivity index (χ1) is 8.26. The molecule has 17 heavy (non-hydrogen) atoms. The summed E-state index contributed by atoms with van der Waals surface area (Å²) >= 11 is 0. The van der Waals surface area contributed by atoms with Crippen molar-refractivity contribution in [2.45, 2.75) is 0 Å². The molecule has 0 aromatic heterocycles. The maximum atomic E-state index is 11.2. The van der Waals surface area contributed by atoms with E-state index in [2.05, 4.69) is 4.98 Å². The average molecular weight is 225 g/mol. The van der Waals surface area contributed by atoms with E-state index in [4.69, 9.17) is 4.42 Å². The Balaban J connectivity index is 2.41. The summed E-state index contributed by atoms with van der Waals surface area (Å²) in [5, 5.41) is 0. The summed E-state index contributed by atoms with van der Waals surface area (Å²) in [5.41, 5.74) is 2.15. The molecule has 0 amide bonds. The van der Waals surface area contributed by atoms with Crippen molar-refractivity contribution in [3.05, 3.63) is 52.2 Å². The summed E-state index contributed by atoms with van der Waals surface area (Å²) in [7, 11) is 0. The Morgan fingerprint density at radius 1 is 1.12 bits per heavy atom. The first kappa shape index (κ1) is 9.72. The van der Waals surface area contributed by atoms with Gasteiger partial charge in [-0.25, -0.2) is 4.98 Å². The predicted octanol–water partition coefficient (Wildman–Crippen LogP) is 2.11. The Kier molecular flexibility index (Phi) is 2.01. The molecule has 0 saturated carbocycles. The fourth-order valence-corrected chi connectivity index (χ4v) is 1.69. The summed E-state index contributed by atoms with van der Waals surface area (Å²) < 4.78 is 5.55. The molecule has 82 valence electrons. The number of hydrogen-bond acceptors (Lipinski definition) is 4. The van der Waals surface area contributed by atoms with Gasteiger partial charge in [-0.3, -0.25) is 9.59 Å². The van der Waals surface area contributed by atoms with Crippen molar-refractivity contribution in [3.63, 3.8) is 0 Å². The van der Waals surface area contributed by atoms with E-state index in [-0.39, 0.29) is 5.43 Å². The minimum absolute atomic E-state index is 0.131. The second-order valence-corrected chi connectivity index (χ2v) is 3.69. The zero-order valence-electron chi connectivity index (χ0n) is 8.71. The number of nitrogens with zero attached hydrogens (tertiary/aromatic N) is 1. The Hall–Kier alpha value is -2.49. The van der Waals surface area contributed by atoms with Gasteiger partial charge in [-0.15, -0.1) is 0 Å². The fourth-order valence-electron chi connectivity index (χ4n) is 1.69. The van der Waals surface area contributed by atoms with E-state index in [0.717, 1.165) is 6.29 Å². The number of benzene rings is 2. The van der Waals surface area contributed by atoms with Crippen LogP contribution in [0.3, 0.4) is 0 Å². The van der Waals surface area contributed by atoms with E-state index in [1.165, 1.54) is 12.1 Å². The number of carbonyl (C=O) groups is 1. The van der Waals surface area contributed by atoms with Crippen LogP contribution in [0, 0.1) is 0 Å². The minimum Gasteiger partial charge on any atom is -0.453 e. The molecule has 4 heteroatoms. The highest BCUT2D eigenvalue weighted by Gasteiger charge is 2.09. The van der Waals surface area contributed by atoms with Crippen LogP contribution in [0.2, 0.25) is 0 Å². The predicted molar refractivity (Wildman–Crippen MR) is 62.3 cm³/mol. The highest BCUT2D eigenvalue weighted by atomic mass is 16.3. The third kappa shape index (κ3) is 1.59. The lowest BCUT2D eigenvalue weighted by Gasteiger charge is -2.05. The van der Waals surface area contributed by atoms with Gasteiger partial charge in [-0.05, 0) is 30.3 Å². The summed E-state index contributed by atoms with van der Waals surface area (Å²) in [6.45, 7) is 0. The molecular formula is C13H7NO3. The van der Waals surface area contributed by atoms with Crippen molar-refractivity contribution in [3.8, 4) is 11.5 Å². The molecule has 0 radical (unpaired) electrons. The number of rotatable bonds is 1. The lowest BCUT2D eigenvalue weighted by Crippen LogP contribution is -1.99. The lowest BCUT2D eigenvalue weighted by molar-refractivity contribution is 0.112. The fraction of sp³-hybridized carbons (Fsp3) is 0. The van der Waals surface area contributed by atoms with Crippen molar-refractivity contribution in [1.82, 2.24) is 4.98 Å². The molecule has 4 nitrogen and oxygen atoms in total. The molecule has 0 spiro atoms. The monoisotopic (exact) mass is 225 g/mol. The molecule has 1 aromatic rings. The van der Waals surface area contributed by atoms with Gasteiger partial charge in [0.1, 0.15) is 17.5 Å². The van der Waals surface area contributed by atoms with Crippen LogP contribution in [0.25, 0.3) is 22.6 Å². The zero-order chi connectivity index (χ0) is 11.8. The zero-order valence-corrected chi connectivity index (χ0v) is 8.71. The Labute approximate surface area is 95.9 Å². The number of aromatic nitrogens is 1. The Morgan fingerprint density at radius 2 is 2.00 bits per heavy atom. The highest BCUT2D eigenvalue weighted by molar-refractivity contribution is 5.84. The molecule has 0 bridgehead atoms. The SMILES string of the molecule is O=Cc1ccc2nc3ccc(=O)cc-3oc2c1. The van der Waals surface area contributed by atoms with Crippen LogP contribution in [-0.2, 0) is 0 Å². The van der Waals surface area contributed by atoms with Crippen molar-refractivity contribution in [2.24, 2.45) is 0 Å². The first-order valence-electron chi connectivity index (χ1n) is 5.06. The van der Waals surface area contributed by atoms with Crippen LogP contribution in [0.15, 0.2) is 45.6 Å². The van der Waals surface area contributed by atoms with Crippen LogP contribution in [0.4, 0.5) is 0 Å². The van der Waals surface area contributed by atoms with Gasteiger partial charge in [0.25, 0.3) is 0 Å². The number of aldehydes is 1. The summed E-state index contributed by atoms with van der Waals surface area (Å²) in [6, 6.07) is 9.44. The normalized spacial score (nSPS) is 10.8. The van der Waals surface area contributed by atoms with Gasteiger partial charge in [0.2, 0.25) is 0 Å². The van der Waals surface area contributed by atoms with Gasteiger partial charge in [0, 0.05) is 11.6 Å². The number of carbonyl (C=O) groups excluding carboxylic acids is 1. The van der Waals surface area contributed by atoms with Gasteiger partial charge < -0.3 is 4.42 Å². The van der Waals surface area contributed by atoms with Gasteiger partial charge in [0.05, 0.1) is 0 Å². The summed E-state index contributed by atoms with van der Waals surface area (Å²) in [6.07, 6.45) is 0.739. The van der Waals surface area contributed by atoms with Crippen molar-refractivity contribution in [1.29, 1.82) is 0 Å². The van der Waals surface area contributed by atoms with E-state index < -0.39 is 0 Å². The van der Waals surface area contributed by atoms with Gasteiger partial charge in [0.15, 0.2) is 16.8 Å². The average Bonchev–Trinajstić information content (AvgIpc) is 2.35. The Bertz CT molecular complexity index is 745. The molecular weight excluding hydrogens is 218 g/mol. The summed E-state index contributed by atoms with van der Waals surface area (Å²) in [5.74, 6) is 0.424. The molecule has 3 rings (SSSR count). The molecule has 2 aliphatic rings. The first-order valence-corrected chi connectivity index (χ1v) is 5.06. The van der Waals surface area contributed by atoms with Crippen molar-refractivity contribution >= 4 is 17.4 Å². The van der Waals surface area contributed by atoms with Crippen LogP contribution < -0.4 is 5.43 Å². The third-order valence-electron chi connectivity index (χ3n) is 2.51. The largest absolute Gasteiger partial charge is 0.453 e. The second kappa shape index (κ2) is 3.52. The van der Waals surface area contributed by atoms with Crippen LogP contribution in [0.5, 0.6) is 0 Å². The standard InChI is InChI=1S/C13H7NO3/c15-7-8-1-3-10-12(5-8)17-13-6-9(16)2-4-11(13)14-10/h1-7H. The van der Waals surface area contributed by atoms with Crippen molar-refractivity contribution < 1.29 is 9.21 Å². The topological polar surface area (TPSA) is 60.2 Å². The maximum absolute atomic E-state index is 11.2. The van der Waals surface area contributed by atoms with Crippen LogP contribution in [0.1, 0.15) is 10.4 Å². The van der Waals surface area contributed by atoms with E-state index in [9.17, 15) is 9.59 Å². The van der Waals surface area contributed by atoms with Gasteiger partial charge in [-0.2, -0.15) is 0 Å². The van der Waals surface area contributed by atoms with E-state index >= 15 is 0 Å². The van der Waals surface area contributed by atoms with E-state index in [0.29, 0.717) is 28.1 Å². The molecule has 0 N–H and O–H groups in total. The van der Waals surface area contributed by atoms with E-state index in [1.807, 2.05) is 0 Å². The molecule has 0 atom stereocenters. The molecule has 0 fully saturated rings.